The van der Waals surface area contributed by atoms with Crippen LogP contribution < -0.4 is 28.4 Å². The van der Waals surface area contributed by atoms with Gasteiger partial charge in [-0.3, -0.25) is 0 Å². The molecule has 0 saturated carbocycles. The number of H-pyrrole nitrogens is 2. The predicted octanol–water partition coefficient (Wildman–Crippen LogP) is 27.1. The van der Waals surface area contributed by atoms with Gasteiger partial charge in [-0.15, -0.1) is 0 Å². The van der Waals surface area contributed by atoms with Gasteiger partial charge in [-0.05, 0) is 186 Å². The van der Waals surface area contributed by atoms with Crippen LogP contribution in [-0.2, 0) is 32.5 Å². The monoisotopic (exact) mass is 1480 g/mol. The second-order valence-electron chi connectivity index (χ2n) is 35.5. The van der Waals surface area contributed by atoms with E-state index in [1.807, 2.05) is 133 Å². The molecule has 16 rings (SSSR count). The van der Waals surface area contributed by atoms with Gasteiger partial charge in [0.15, 0.2) is 57.8 Å². The summed E-state index contributed by atoms with van der Waals surface area (Å²) in [4.78, 5) is 41.4. The first kappa shape index (κ1) is 73.7. The van der Waals surface area contributed by atoms with Gasteiger partial charge in [0.25, 0.3) is 0 Å². The van der Waals surface area contributed by atoms with Crippen LogP contribution >= 0.6 is 0 Å². The van der Waals surface area contributed by atoms with Gasteiger partial charge in [-0.1, -0.05) is 246 Å². The quantitative estimate of drug-likeness (QED) is 0.119. The molecule has 14 aromatic rings. The molecule has 0 amide bonds. The van der Waals surface area contributed by atoms with E-state index in [-0.39, 0.29) is 32.5 Å². The predicted molar refractivity (Wildman–Crippen MR) is 453 cm³/mol. The fraction of sp³-hybridized carbons (Fsp3) is 0.245. The molecule has 0 fully saturated rings. The van der Waals surface area contributed by atoms with E-state index in [1.54, 1.807) is 0 Å². The average Bonchev–Trinajstić information content (AvgIpc) is 1.58. The van der Waals surface area contributed by atoms with Gasteiger partial charge in [-0.25, -0.2) is 29.9 Å². The van der Waals surface area contributed by atoms with E-state index < -0.39 is 0 Å². The summed E-state index contributed by atoms with van der Waals surface area (Å²) in [5.74, 6) is 7.59. The summed E-state index contributed by atoms with van der Waals surface area (Å²) in [6.45, 7) is 39.6. The Balaban J connectivity index is 1.02. The first-order valence-electron chi connectivity index (χ1n) is 38.4. The molecule has 14 nitrogen and oxygen atoms in total. The summed E-state index contributed by atoms with van der Waals surface area (Å²) in [5.41, 5.74) is 12.6. The summed E-state index contributed by atoms with van der Waals surface area (Å²) in [5, 5.41) is 2.60. The Hall–Kier alpha value is -12.4. The third-order valence-corrected chi connectivity index (χ3v) is 20.8. The first-order valence-corrected chi connectivity index (χ1v) is 38.4. The van der Waals surface area contributed by atoms with E-state index in [0.717, 1.165) is 44.5 Å². The van der Waals surface area contributed by atoms with E-state index in [1.165, 1.54) is 11.1 Å². The zero-order valence-corrected chi connectivity index (χ0v) is 67.1. The lowest BCUT2D eigenvalue weighted by molar-refractivity contribution is 0.418. The number of nitrogens with zero attached hydrogens (tertiary/aromatic N) is 6. The van der Waals surface area contributed by atoms with Crippen LogP contribution in [0.4, 0.5) is 0 Å². The third-order valence-electron chi connectivity index (χ3n) is 20.8. The normalized spacial score (nSPS) is 12.6. The maximum Gasteiger partial charge on any atom is 0.170 e. The van der Waals surface area contributed by atoms with Crippen LogP contribution in [0, 0.1) is 0 Å². The van der Waals surface area contributed by atoms with Crippen molar-refractivity contribution in [3.05, 3.63) is 264 Å². The highest BCUT2D eigenvalue weighted by atomic mass is 16.5. The van der Waals surface area contributed by atoms with Gasteiger partial charge in [0.1, 0.15) is 57.1 Å². The molecule has 112 heavy (non-hydrogen) atoms. The van der Waals surface area contributed by atoms with Gasteiger partial charge < -0.3 is 38.4 Å². The number of benzene rings is 11. The summed E-state index contributed by atoms with van der Waals surface area (Å²) in [6, 6.07) is 77.4. The Morgan fingerprint density at radius 2 is 0.375 bits per heavy atom. The summed E-state index contributed by atoms with van der Waals surface area (Å²) < 4.78 is 42.3. The number of hydrogen-bond acceptors (Lipinski definition) is 12. The summed E-state index contributed by atoms with van der Waals surface area (Å²) in [7, 11) is 0. The highest BCUT2D eigenvalue weighted by Crippen LogP contribution is 2.50. The van der Waals surface area contributed by atoms with Gasteiger partial charge in [-0.2, -0.15) is 0 Å². The smallest absolute Gasteiger partial charge is 0.170 e. The van der Waals surface area contributed by atoms with Gasteiger partial charge in [0, 0.05) is 43.8 Å². The Labute approximate surface area is 655 Å². The number of aromatic amines is 2. The summed E-state index contributed by atoms with van der Waals surface area (Å²) in [6.07, 6.45) is 0. The highest BCUT2D eigenvalue weighted by Gasteiger charge is 2.30. The van der Waals surface area contributed by atoms with Crippen LogP contribution in [0.15, 0.2) is 231 Å². The molecule has 2 aliphatic heterocycles. The molecule has 0 aliphatic carbocycles. The zero-order valence-electron chi connectivity index (χ0n) is 67.1. The van der Waals surface area contributed by atoms with Crippen molar-refractivity contribution in [3.8, 4) is 126 Å². The Kier molecular flexibility index (Phi) is 18.3. The zero-order chi connectivity index (χ0) is 78.6. The van der Waals surface area contributed by atoms with Crippen molar-refractivity contribution >= 4 is 44.1 Å². The standard InChI is InChI=1S/C98H94N8O6/c1-93(2,3)57-27-39-63(40-28-57)107-79-51-73-75(53-81(79)109-65-43-31-59(32-44-65)95(7,8)9)89-102-87(73)100-85-71-25-21-19-23-69(71)70-24-20-22-26-72(70)86(99-85)101-88-74-52-80(108-64-41-29-58(30-42-64)94(4,5)6)82(110-66-45-33-60(34-46-66)96(10,11)12)54-76(74)90(103-88)105-92-78-56-84(112-68-49-37-62(38-50-68)98(16,17)18)83(55-77(78)91(104-89)106-92)111-67-47-35-61(36-48-67)97(13,14)15/h19-56H,1-18H3,(H2,99,100,101,102,103,104,105,106). The van der Waals surface area contributed by atoms with E-state index in [2.05, 4.69) is 232 Å². The maximum atomic E-state index is 7.07. The van der Waals surface area contributed by atoms with Crippen LogP contribution in [0.25, 0.3) is 101 Å². The molecular weight excluding hydrogens is 1390 g/mol. The number of fused-ring (bicyclic) bond motifs is 22. The van der Waals surface area contributed by atoms with Crippen LogP contribution in [0.3, 0.4) is 0 Å². The van der Waals surface area contributed by atoms with Gasteiger partial charge >= 0.3 is 0 Å². The molecule has 0 spiro atoms. The van der Waals surface area contributed by atoms with Crippen molar-refractivity contribution in [3.63, 3.8) is 0 Å². The molecule has 8 bridgehead atoms. The van der Waals surface area contributed by atoms with E-state index in [9.17, 15) is 0 Å². The van der Waals surface area contributed by atoms with Gasteiger partial charge in [0.2, 0.25) is 0 Å². The summed E-state index contributed by atoms with van der Waals surface area (Å²) >= 11 is 0. The Bertz CT molecular complexity index is 5770. The molecule has 562 valence electrons. The van der Waals surface area contributed by atoms with Crippen molar-refractivity contribution in [1.29, 1.82) is 0 Å². The van der Waals surface area contributed by atoms with Crippen LogP contribution in [0.2, 0.25) is 0 Å². The molecule has 2 N–H and O–H groups in total. The SMILES string of the molecule is CC(C)(C)c1ccc(Oc2cc3c(cc2Oc2ccc(C(C)(C)C)cc2)-c2nc-3nc3[nH]c(nc4nc(nc5[nH]c(n2)c2cc(Oc6ccc(C(C)(C)C)cc6)c(Oc6ccc(C(C)(C)C)cc6)cc52)-c2ccccc2-c2ccccc2-4)c2cc(Oc4ccc(C(C)(C)C)cc4)c(Oc4ccc(C(C)(C)C)cc4)cc32)cc1. The number of aromatic nitrogens is 8. The highest BCUT2D eigenvalue weighted by molar-refractivity contribution is 6.08. The minimum Gasteiger partial charge on any atom is -0.453 e. The lowest BCUT2D eigenvalue weighted by Crippen LogP contribution is -2.10. The molecule has 0 saturated heterocycles. The van der Waals surface area contributed by atoms with E-state index in [4.69, 9.17) is 58.3 Å². The van der Waals surface area contributed by atoms with Crippen molar-refractivity contribution in [1.82, 2.24) is 39.9 Å². The molecule has 0 radical (unpaired) electrons. The topological polar surface area (TPSA) is 164 Å². The second kappa shape index (κ2) is 27.9. The first-order chi connectivity index (χ1) is 53.2. The van der Waals surface area contributed by atoms with Crippen LogP contribution in [0.5, 0.6) is 69.0 Å². The number of rotatable bonds is 12. The molecule has 0 unspecified atom stereocenters. The molecule has 3 aromatic heterocycles. The lowest BCUT2D eigenvalue weighted by Gasteiger charge is -2.20. The number of ether oxygens (including phenoxy) is 6. The van der Waals surface area contributed by atoms with Crippen molar-refractivity contribution < 1.29 is 28.4 Å². The molecule has 14 heteroatoms. The molecule has 0 atom stereocenters. The second-order valence-corrected chi connectivity index (χ2v) is 35.5. The maximum absolute atomic E-state index is 7.07. The average molecular weight is 1480 g/mol. The third kappa shape index (κ3) is 15.1. The van der Waals surface area contributed by atoms with E-state index in [0.29, 0.717) is 148 Å². The minimum absolute atomic E-state index is 0.0933. The Morgan fingerprint density at radius 3 is 0.571 bits per heavy atom. The number of hydrogen-bond donors (Lipinski definition) is 2. The van der Waals surface area contributed by atoms with Crippen LogP contribution in [-0.4, -0.2) is 39.9 Å². The molecule has 5 heterocycles. The molecular formula is C98H94N8O6. The minimum atomic E-state index is -0.103. The lowest BCUT2D eigenvalue weighted by atomic mass is 9.87. The van der Waals surface area contributed by atoms with E-state index >= 15 is 0 Å². The fourth-order valence-corrected chi connectivity index (χ4v) is 14.1. The van der Waals surface area contributed by atoms with Crippen molar-refractivity contribution in [2.45, 2.75) is 157 Å². The van der Waals surface area contributed by atoms with Crippen molar-refractivity contribution in [2.75, 3.05) is 0 Å². The van der Waals surface area contributed by atoms with Crippen LogP contribution in [0.1, 0.15) is 158 Å². The molecule has 2 aliphatic rings. The van der Waals surface area contributed by atoms with Gasteiger partial charge in [0.05, 0.1) is 0 Å². The number of nitrogens with one attached hydrogen (secondary N) is 2. The fourth-order valence-electron chi connectivity index (χ4n) is 14.1. The largest absolute Gasteiger partial charge is 0.453 e. The Morgan fingerprint density at radius 1 is 0.196 bits per heavy atom. The van der Waals surface area contributed by atoms with Crippen molar-refractivity contribution in [2.24, 2.45) is 0 Å². The molecule has 11 aromatic carbocycles.